The first-order chi connectivity index (χ1) is 41.1. The Morgan fingerprint density at radius 3 is 1.94 bits per heavy atom. The predicted octanol–water partition coefficient (Wildman–Crippen LogP) is 15.7. The van der Waals surface area contributed by atoms with Crippen LogP contribution in [0.5, 0.6) is 11.5 Å². The first-order valence-electron chi connectivity index (χ1n) is 30.9. The number of allylic oxidation sites excluding steroid dienone is 1. The summed E-state index contributed by atoms with van der Waals surface area (Å²) in [4.78, 5) is 35.3. The van der Waals surface area contributed by atoms with Gasteiger partial charge in [0, 0.05) is 35.5 Å². The van der Waals surface area contributed by atoms with Crippen molar-refractivity contribution in [3.05, 3.63) is 90.7 Å². The molecule has 2 heterocycles. The van der Waals surface area contributed by atoms with Crippen molar-refractivity contribution in [3.8, 4) is 11.5 Å². The zero-order valence-corrected chi connectivity index (χ0v) is 50.8. The molecular weight excluding hydrogens is 1140 g/mol. The van der Waals surface area contributed by atoms with E-state index in [0.29, 0.717) is 72.8 Å². The maximum atomic E-state index is 13.3. The molecule has 0 spiro atoms. The molecule has 4 aliphatic carbocycles. The number of fused-ring (bicyclic) bond motifs is 2. The SMILES string of the molecule is C=C(C)C(=O)CCC(Oc1cc(/C=N/N(CCC(C)C)c2nc3cccnc3s2)c(OCC2CCC(C3CCC(OCCOC(O)C(=C)C(F)(F)F)CC3)CC2)c2ccccc12)C1CCC(C2CCC(OCCOC(=O)C(=C)C(F)(F)F)CC2)CC1. The first-order valence-corrected chi connectivity index (χ1v) is 31.7. The molecule has 0 radical (unpaired) electrons. The number of thiazole rings is 1. The normalized spacial score (nSPS) is 23.9. The zero-order chi connectivity index (χ0) is 61.5. The number of hydrogen-bond acceptors (Lipinski definition) is 14. The average Bonchev–Trinajstić information content (AvgIpc) is 1.55. The Morgan fingerprint density at radius 2 is 1.36 bits per heavy atom. The number of carbonyl (C=O) groups excluding carboxylic acids is 2. The summed E-state index contributed by atoms with van der Waals surface area (Å²) < 4.78 is 113. The molecule has 8 rings (SSSR count). The number of esters is 1. The second-order valence-electron chi connectivity index (χ2n) is 24.6. The van der Waals surface area contributed by atoms with Crippen LogP contribution < -0.4 is 14.5 Å². The number of pyridine rings is 1. The molecule has 13 nitrogen and oxygen atoms in total. The van der Waals surface area contributed by atoms with Crippen LogP contribution in [0, 0.1) is 41.4 Å². The van der Waals surface area contributed by atoms with E-state index in [1.165, 1.54) is 11.3 Å². The molecule has 0 bridgehead atoms. The molecule has 2 atom stereocenters. The Balaban J connectivity index is 0.944. The van der Waals surface area contributed by atoms with Crippen LogP contribution in [-0.2, 0) is 28.5 Å². The van der Waals surface area contributed by atoms with Gasteiger partial charge in [0.15, 0.2) is 12.1 Å². The fourth-order valence-corrected chi connectivity index (χ4v) is 13.8. The van der Waals surface area contributed by atoms with E-state index in [0.717, 1.165) is 147 Å². The lowest BCUT2D eigenvalue weighted by Gasteiger charge is -2.39. The number of ketones is 1. The van der Waals surface area contributed by atoms with E-state index in [-0.39, 0.29) is 56.4 Å². The van der Waals surface area contributed by atoms with Gasteiger partial charge in [-0.3, -0.25) is 4.79 Å². The second-order valence-corrected chi connectivity index (χ2v) is 25.5. The summed E-state index contributed by atoms with van der Waals surface area (Å²) in [6.07, 6.45) is 8.91. The lowest BCUT2D eigenvalue weighted by molar-refractivity contribution is -0.157. The van der Waals surface area contributed by atoms with Crippen molar-refractivity contribution in [1.82, 2.24) is 9.97 Å². The zero-order valence-electron chi connectivity index (χ0n) is 50.0. The van der Waals surface area contributed by atoms with Crippen molar-refractivity contribution in [2.75, 3.05) is 44.6 Å². The summed E-state index contributed by atoms with van der Waals surface area (Å²) in [7, 11) is 0. The van der Waals surface area contributed by atoms with Crippen molar-refractivity contribution < 1.29 is 69.5 Å². The molecule has 4 aliphatic rings. The van der Waals surface area contributed by atoms with Crippen molar-refractivity contribution in [3.63, 3.8) is 0 Å². The Morgan fingerprint density at radius 1 is 0.767 bits per heavy atom. The molecule has 2 unspecified atom stereocenters. The molecule has 2 aromatic carbocycles. The van der Waals surface area contributed by atoms with Gasteiger partial charge in [-0.15, -0.1) is 0 Å². The summed E-state index contributed by atoms with van der Waals surface area (Å²) >= 11 is 1.50. The van der Waals surface area contributed by atoms with Gasteiger partial charge in [-0.25, -0.2) is 19.8 Å². The van der Waals surface area contributed by atoms with Gasteiger partial charge in [0.2, 0.25) is 5.13 Å². The van der Waals surface area contributed by atoms with Gasteiger partial charge >= 0.3 is 18.3 Å². The number of benzene rings is 2. The van der Waals surface area contributed by atoms with Crippen molar-refractivity contribution in [2.45, 2.75) is 180 Å². The Kier molecular flexibility index (Phi) is 24.1. The molecule has 4 aromatic rings. The third kappa shape index (κ3) is 18.8. The maximum absolute atomic E-state index is 13.3. The number of ether oxygens (including phenoxy) is 6. The molecule has 4 saturated carbocycles. The van der Waals surface area contributed by atoms with E-state index in [1.807, 2.05) is 35.5 Å². The largest absolute Gasteiger partial charge is 0.492 e. The van der Waals surface area contributed by atoms with Gasteiger partial charge < -0.3 is 33.5 Å². The number of carbonyl (C=O) groups is 2. The number of aromatic nitrogens is 2. The lowest BCUT2D eigenvalue weighted by atomic mass is 9.69. The Hall–Kier alpha value is -5.41. The van der Waals surface area contributed by atoms with E-state index >= 15 is 0 Å². The van der Waals surface area contributed by atoms with Crippen LogP contribution >= 0.6 is 11.3 Å². The topological polar surface area (TPSA) is 151 Å². The minimum Gasteiger partial charge on any atom is -0.492 e. The molecule has 20 heteroatoms. The number of anilines is 1. The molecule has 0 saturated heterocycles. The Labute approximate surface area is 506 Å². The summed E-state index contributed by atoms with van der Waals surface area (Å²) in [5.74, 6) is 3.07. The number of halogens is 6. The number of nitrogens with zero attached hydrogens (tertiary/aromatic N) is 4. The summed E-state index contributed by atoms with van der Waals surface area (Å²) in [5.41, 5.74) is -0.777. The molecule has 1 N–H and O–H groups in total. The fraction of sp³-hybridized carbons (Fsp3) is 0.621. The van der Waals surface area contributed by atoms with Crippen LogP contribution in [0.3, 0.4) is 0 Å². The van der Waals surface area contributed by atoms with Crippen molar-refractivity contribution >= 4 is 55.6 Å². The number of hydrogen-bond donors (Lipinski definition) is 1. The number of alkyl halides is 6. The van der Waals surface area contributed by atoms with Gasteiger partial charge in [-0.1, -0.05) is 69.2 Å². The van der Waals surface area contributed by atoms with Gasteiger partial charge in [0.05, 0.1) is 50.4 Å². The minimum atomic E-state index is -4.84. The Bertz CT molecular complexity index is 2880. The first kappa shape index (κ1) is 66.5. The molecule has 0 aliphatic heterocycles. The van der Waals surface area contributed by atoms with Crippen molar-refractivity contribution in [2.24, 2.45) is 46.5 Å². The average molecular weight is 1230 g/mol. The summed E-state index contributed by atoms with van der Waals surface area (Å²) in [5, 5.41) is 19.4. The smallest absolute Gasteiger partial charge is 0.422 e. The van der Waals surface area contributed by atoms with Crippen LogP contribution in [-0.4, -0.2) is 110 Å². The van der Waals surface area contributed by atoms with E-state index in [4.69, 9.17) is 38.5 Å². The van der Waals surface area contributed by atoms with Crippen molar-refractivity contribution in [1.29, 1.82) is 0 Å². The highest BCUT2D eigenvalue weighted by atomic mass is 32.1. The highest BCUT2D eigenvalue weighted by Gasteiger charge is 2.40. The highest BCUT2D eigenvalue weighted by molar-refractivity contribution is 7.21. The van der Waals surface area contributed by atoms with Gasteiger partial charge in [-0.2, -0.15) is 31.4 Å². The van der Waals surface area contributed by atoms with E-state index in [1.54, 1.807) is 13.1 Å². The van der Waals surface area contributed by atoms with Crippen LogP contribution in [0.25, 0.3) is 21.1 Å². The lowest BCUT2D eigenvalue weighted by Crippen LogP contribution is -2.34. The number of Topliss-reactive ketones (excluding diaryl/α,β-unsaturated/α-hetero) is 1. The third-order valence-electron chi connectivity index (χ3n) is 18.1. The second kappa shape index (κ2) is 31.2. The van der Waals surface area contributed by atoms with E-state index in [9.17, 15) is 41.0 Å². The molecule has 4 fully saturated rings. The number of aliphatic hydroxyl groups is 1. The number of aliphatic hydroxyl groups excluding tert-OH is 1. The standard InChI is InChI=1S/C66H86F6N4O9S/c1-41(2)31-33-76(64-75-56-12-9-32-73-61(56)86-64)74-39-51-38-59(85-58(30-29-57(77)42(3)4)50-19-17-47(18-20-50)49-23-27-53(28-24-49)81-35-37-83-63(79)44(6)66(70,71)72)54-10-7-8-11-55(54)60(51)84-40-45-13-15-46(16-14-45)48-21-25-52(26-22-48)80-34-36-82-62(78)43(5)65(67,68)69/h7-12,32,38-39,41,45-50,52-53,58,62,78H,3,5-6,13-31,33-37,40H2,1-2,4H3/b74-39+. The van der Waals surface area contributed by atoms with Crippen LogP contribution in [0.1, 0.15) is 148 Å². The molecule has 472 valence electrons. The predicted molar refractivity (Wildman–Crippen MR) is 322 cm³/mol. The van der Waals surface area contributed by atoms with E-state index < -0.39 is 35.8 Å². The molecule has 0 amide bonds. The quantitative estimate of drug-likeness (QED) is 0.00805. The van der Waals surface area contributed by atoms with Gasteiger partial charge in [0.25, 0.3) is 0 Å². The number of hydrazone groups is 1. The van der Waals surface area contributed by atoms with E-state index in [2.05, 4.69) is 56.8 Å². The third-order valence-corrected chi connectivity index (χ3v) is 19.1. The number of rotatable bonds is 29. The van der Waals surface area contributed by atoms with Crippen LogP contribution in [0.4, 0.5) is 31.5 Å². The van der Waals surface area contributed by atoms with Gasteiger partial charge in [0.1, 0.15) is 40.1 Å². The highest BCUT2D eigenvalue weighted by Crippen LogP contribution is 2.46. The monoisotopic (exact) mass is 1220 g/mol. The van der Waals surface area contributed by atoms with Crippen LogP contribution in [0.2, 0.25) is 0 Å². The van der Waals surface area contributed by atoms with Crippen LogP contribution in [0.15, 0.2) is 90.2 Å². The summed E-state index contributed by atoms with van der Waals surface area (Å²) in [6.45, 7) is 16.6. The minimum absolute atomic E-state index is 0.00236. The molecular formula is C66H86F6N4O9S. The molecule has 86 heavy (non-hydrogen) atoms. The fourth-order valence-electron chi connectivity index (χ4n) is 13.0. The molecule has 2 aromatic heterocycles. The summed E-state index contributed by atoms with van der Waals surface area (Å²) in [6, 6.07) is 14.1. The maximum Gasteiger partial charge on any atom is 0.422 e. The van der Waals surface area contributed by atoms with Gasteiger partial charge in [-0.05, 0) is 188 Å².